The van der Waals surface area contributed by atoms with Crippen LogP contribution in [0.25, 0.3) is 11.5 Å². The van der Waals surface area contributed by atoms with Gasteiger partial charge in [-0.05, 0) is 24.3 Å². The maximum atomic E-state index is 5.83. The van der Waals surface area contributed by atoms with E-state index in [1.165, 1.54) is 23.1 Å². The fraction of sp³-hybridized carbons (Fsp3) is 0.0909. The molecule has 20 heavy (non-hydrogen) atoms. The quantitative estimate of drug-likeness (QED) is 0.737. The fourth-order valence-electron chi connectivity index (χ4n) is 1.43. The van der Waals surface area contributed by atoms with Crippen LogP contribution in [0.1, 0.15) is 5.82 Å². The van der Waals surface area contributed by atoms with E-state index in [-0.39, 0.29) is 0 Å². The Morgan fingerprint density at radius 2 is 2.05 bits per heavy atom. The summed E-state index contributed by atoms with van der Waals surface area (Å²) in [5, 5.41) is 12.7. The van der Waals surface area contributed by atoms with Crippen LogP contribution in [0.4, 0.5) is 5.13 Å². The topological polar surface area (TPSA) is 90.7 Å². The summed E-state index contributed by atoms with van der Waals surface area (Å²) in [7, 11) is 0. The Balaban J connectivity index is 1.69. The summed E-state index contributed by atoms with van der Waals surface area (Å²) in [6, 6.07) is 7.22. The van der Waals surface area contributed by atoms with Gasteiger partial charge in [-0.15, -0.1) is 10.2 Å². The van der Waals surface area contributed by atoms with Crippen molar-refractivity contribution in [3.63, 3.8) is 0 Å². The highest BCUT2D eigenvalue weighted by molar-refractivity contribution is 8.00. The molecule has 3 aromatic rings. The average Bonchev–Trinajstić information content (AvgIpc) is 3.06. The van der Waals surface area contributed by atoms with Gasteiger partial charge in [-0.1, -0.05) is 39.9 Å². The highest BCUT2D eigenvalue weighted by atomic mass is 35.5. The molecule has 0 saturated carbocycles. The summed E-state index contributed by atoms with van der Waals surface area (Å²) in [6.45, 7) is 0. The Labute approximate surface area is 127 Å². The van der Waals surface area contributed by atoms with Gasteiger partial charge in [-0.2, -0.15) is 4.98 Å². The zero-order valence-corrected chi connectivity index (χ0v) is 12.4. The smallest absolute Gasteiger partial charge is 0.257 e. The second kappa shape index (κ2) is 5.78. The Bertz CT molecular complexity index is 712. The predicted molar refractivity (Wildman–Crippen MR) is 78.6 cm³/mol. The molecular weight excluding hydrogens is 318 g/mol. The fourth-order valence-corrected chi connectivity index (χ4v) is 3.03. The number of thioether (sulfide) groups is 1. The number of anilines is 1. The normalized spacial score (nSPS) is 10.8. The summed E-state index contributed by atoms with van der Waals surface area (Å²) in [4.78, 5) is 4.32. The highest BCUT2D eigenvalue weighted by Gasteiger charge is 2.10. The lowest BCUT2D eigenvalue weighted by Gasteiger charge is -1.93. The molecule has 102 valence electrons. The molecule has 0 radical (unpaired) electrons. The molecule has 1 aromatic carbocycles. The average molecular weight is 326 g/mol. The van der Waals surface area contributed by atoms with E-state index in [0.29, 0.717) is 27.6 Å². The molecule has 2 aromatic heterocycles. The summed E-state index contributed by atoms with van der Waals surface area (Å²) < 4.78 is 5.99. The molecule has 2 N–H and O–H groups in total. The van der Waals surface area contributed by atoms with Crippen molar-refractivity contribution < 1.29 is 4.52 Å². The summed E-state index contributed by atoms with van der Waals surface area (Å²) in [6.07, 6.45) is 0. The summed E-state index contributed by atoms with van der Waals surface area (Å²) in [5.41, 5.74) is 6.34. The first-order valence-corrected chi connectivity index (χ1v) is 7.69. The van der Waals surface area contributed by atoms with Crippen molar-refractivity contribution in [3.8, 4) is 11.5 Å². The Morgan fingerprint density at radius 1 is 1.25 bits per heavy atom. The van der Waals surface area contributed by atoms with Crippen LogP contribution >= 0.6 is 34.7 Å². The summed E-state index contributed by atoms with van der Waals surface area (Å²) >= 11 is 8.63. The van der Waals surface area contributed by atoms with Gasteiger partial charge in [0.15, 0.2) is 10.2 Å². The molecule has 0 aliphatic carbocycles. The van der Waals surface area contributed by atoms with Crippen molar-refractivity contribution in [2.45, 2.75) is 10.1 Å². The van der Waals surface area contributed by atoms with Gasteiger partial charge in [0, 0.05) is 10.6 Å². The number of rotatable bonds is 4. The van der Waals surface area contributed by atoms with Gasteiger partial charge in [-0.25, -0.2) is 0 Å². The van der Waals surface area contributed by atoms with Gasteiger partial charge in [0.25, 0.3) is 5.89 Å². The van der Waals surface area contributed by atoms with Crippen molar-refractivity contribution >= 4 is 39.8 Å². The number of benzene rings is 1. The van der Waals surface area contributed by atoms with E-state index in [4.69, 9.17) is 21.9 Å². The molecule has 2 heterocycles. The lowest BCUT2D eigenvalue weighted by atomic mass is 10.2. The van der Waals surface area contributed by atoms with Crippen LogP contribution in [0, 0.1) is 0 Å². The molecule has 0 bridgehead atoms. The van der Waals surface area contributed by atoms with Crippen LogP contribution < -0.4 is 5.73 Å². The largest absolute Gasteiger partial charge is 0.374 e. The molecule has 9 heteroatoms. The molecule has 0 aliphatic rings. The number of nitrogen functional groups attached to an aromatic ring is 1. The van der Waals surface area contributed by atoms with Gasteiger partial charge in [-0.3, -0.25) is 0 Å². The van der Waals surface area contributed by atoms with E-state index in [9.17, 15) is 0 Å². The minimum Gasteiger partial charge on any atom is -0.374 e. The molecule has 0 unspecified atom stereocenters. The van der Waals surface area contributed by atoms with Gasteiger partial charge < -0.3 is 10.3 Å². The van der Waals surface area contributed by atoms with E-state index in [0.717, 1.165) is 9.90 Å². The van der Waals surface area contributed by atoms with E-state index in [1.807, 2.05) is 12.1 Å². The molecule has 0 amide bonds. The third kappa shape index (κ3) is 3.09. The standard InChI is InChI=1S/C11H8ClN5OS2/c12-7-3-1-6(2-4-7)9-14-8(17-18-9)5-19-11-16-15-10(13)20-11/h1-4H,5H2,(H2,13,15). The molecular formula is C11H8ClN5OS2. The molecule has 0 spiro atoms. The first-order valence-electron chi connectivity index (χ1n) is 5.51. The van der Waals surface area contributed by atoms with Crippen LogP contribution in [0.3, 0.4) is 0 Å². The number of nitrogens with two attached hydrogens (primary N) is 1. The number of aromatic nitrogens is 4. The number of hydrogen-bond donors (Lipinski definition) is 1. The van der Waals surface area contributed by atoms with Crippen LogP contribution in [0.15, 0.2) is 33.1 Å². The highest BCUT2D eigenvalue weighted by Crippen LogP contribution is 2.27. The second-order valence-electron chi connectivity index (χ2n) is 3.72. The van der Waals surface area contributed by atoms with Gasteiger partial charge in [0.05, 0.1) is 5.75 Å². The van der Waals surface area contributed by atoms with Crippen molar-refractivity contribution in [1.82, 2.24) is 20.3 Å². The van der Waals surface area contributed by atoms with Crippen LogP contribution in [-0.4, -0.2) is 20.3 Å². The van der Waals surface area contributed by atoms with Crippen LogP contribution in [-0.2, 0) is 5.75 Å². The Kier molecular flexibility index (Phi) is 3.86. The molecule has 0 saturated heterocycles. The third-order valence-corrected chi connectivity index (χ3v) is 4.44. The monoisotopic (exact) mass is 325 g/mol. The van der Waals surface area contributed by atoms with E-state index >= 15 is 0 Å². The molecule has 0 fully saturated rings. The minimum atomic E-state index is 0.447. The van der Waals surface area contributed by atoms with Crippen molar-refractivity contribution in [2.24, 2.45) is 0 Å². The Hall–Kier alpha value is -1.64. The predicted octanol–water partition coefficient (Wildman–Crippen LogP) is 3.12. The maximum Gasteiger partial charge on any atom is 0.257 e. The first kappa shape index (κ1) is 13.3. The van der Waals surface area contributed by atoms with E-state index < -0.39 is 0 Å². The SMILES string of the molecule is Nc1nnc(SCc2noc(-c3ccc(Cl)cc3)n2)s1. The molecule has 0 atom stereocenters. The van der Waals surface area contributed by atoms with E-state index in [1.54, 1.807) is 12.1 Å². The lowest BCUT2D eigenvalue weighted by Crippen LogP contribution is -1.84. The lowest BCUT2D eigenvalue weighted by molar-refractivity contribution is 0.425. The van der Waals surface area contributed by atoms with Crippen molar-refractivity contribution in [2.75, 3.05) is 5.73 Å². The van der Waals surface area contributed by atoms with Crippen LogP contribution in [0.5, 0.6) is 0 Å². The number of hydrogen-bond acceptors (Lipinski definition) is 8. The number of nitrogens with zero attached hydrogens (tertiary/aromatic N) is 4. The summed E-state index contributed by atoms with van der Waals surface area (Å²) in [5.74, 6) is 1.61. The minimum absolute atomic E-state index is 0.447. The van der Waals surface area contributed by atoms with Gasteiger partial charge in [0.1, 0.15) is 0 Å². The molecule has 0 aliphatic heterocycles. The van der Waals surface area contributed by atoms with Crippen molar-refractivity contribution in [3.05, 3.63) is 35.1 Å². The van der Waals surface area contributed by atoms with Crippen LogP contribution in [0.2, 0.25) is 5.02 Å². The molecule has 6 nitrogen and oxygen atoms in total. The third-order valence-electron chi connectivity index (χ3n) is 2.31. The van der Waals surface area contributed by atoms with Gasteiger partial charge in [0.2, 0.25) is 5.13 Å². The Morgan fingerprint density at radius 3 is 2.75 bits per heavy atom. The van der Waals surface area contributed by atoms with E-state index in [2.05, 4.69) is 20.3 Å². The van der Waals surface area contributed by atoms with Gasteiger partial charge >= 0.3 is 0 Å². The zero-order valence-electron chi connectivity index (χ0n) is 9.99. The first-order chi connectivity index (χ1) is 9.70. The second-order valence-corrected chi connectivity index (χ2v) is 6.39. The zero-order chi connectivity index (χ0) is 13.9. The maximum absolute atomic E-state index is 5.83. The molecule has 3 rings (SSSR count). The van der Waals surface area contributed by atoms with Crippen molar-refractivity contribution in [1.29, 1.82) is 0 Å². The number of halogens is 1.